The number of halogens is 1. The average Bonchev–Trinajstić information content (AvgIpc) is 3.06. The van der Waals surface area contributed by atoms with Crippen molar-refractivity contribution in [1.29, 1.82) is 0 Å². The Kier molecular flexibility index (Phi) is 12.9. The third-order valence-corrected chi connectivity index (χ3v) is 9.27. The number of rotatable bonds is 12. The summed E-state index contributed by atoms with van der Waals surface area (Å²) >= 11 is 0. The number of sulfonamides is 1. The van der Waals surface area contributed by atoms with Gasteiger partial charge in [-0.2, -0.15) is 4.72 Å². The fourth-order valence-electron chi connectivity index (χ4n) is 5.32. The number of piperazine rings is 2. The Balaban J connectivity index is 0.00000600. The zero-order chi connectivity index (χ0) is 33.4. The molecule has 0 aliphatic carbocycles. The van der Waals surface area contributed by atoms with Crippen molar-refractivity contribution >= 4 is 57.8 Å². The van der Waals surface area contributed by atoms with Crippen LogP contribution in [0.2, 0.25) is 0 Å². The van der Waals surface area contributed by atoms with E-state index in [2.05, 4.69) is 14.6 Å². The maximum Gasteiger partial charge on any atom is 0.323 e. The van der Waals surface area contributed by atoms with Gasteiger partial charge in [0.1, 0.15) is 24.4 Å². The molecule has 2 aliphatic heterocycles. The van der Waals surface area contributed by atoms with Crippen molar-refractivity contribution in [2.24, 2.45) is 0 Å². The summed E-state index contributed by atoms with van der Waals surface area (Å²) in [7, 11) is -1.87. The number of benzene rings is 1. The van der Waals surface area contributed by atoms with Gasteiger partial charge in [-0.25, -0.2) is 8.42 Å². The highest BCUT2D eigenvalue weighted by molar-refractivity contribution is 7.89. The van der Waals surface area contributed by atoms with Crippen LogP contribution in [0.25, 0.3) is 0 Å². The lowest BCUT2D eigenvalue weighted by Gasteiger charge is -2.41. The highest BCUT2D eigenvalue weighted by Gasteiger charge is 2.43. The van der Waals surface area contributed by atoms with Crippen molar-refractivity contribution in [3.8, 4) is 5.75 Å². The number of amides is 3. The van der Waals surface area contributed by atoms with Gasteiger partial charge in [0.2, 0.25) is 27.7 Å². The normalized spacial score (nSPS) is 17.4. The zero-order valence-electron chi connectivity index (χ0n) is 25.8. The molecule has 1 aromatic heterocycles. The Hall–Kier alpha value is -4.48. The first-order chi connectivity index (χ1) is 21.9. The first kappa shape index (κ1) is 37.0. The van der Waals surface area contributed by atoms with Crippen molar-refractivity contribution in [1.82, 2.24) is 24.4 Å². The molecule has 1 unspecified atom stereocenters. The quantitative estimate of drug-likeness (QED) is 0.273. The lowest BCUT2D eigenvalue weighted by molar-refractivity contribution is -0.159. The van der Waals surface area contributed by atoms with E-state index >= 15 is 0 Å². The van der Waals surface area contributed by atoms with Crippen molar-refractivity contribution in [2.75, 3.05) is 64.9 Å². The fourth-order valence-corrected chi connectivity index (χ4v) is 6.51. The smallest absolute Gasteiger partial charge is 0.323 e. The molecule has 16 nitrogen and oxygen atoms in total. The van der Waals surface area contributed by atoms with Crippen LogP contribution in [0, 0.1) is 0 Å². The van der Waals surface area contributed by atoms with E-state index in [0.717, 1.165) is 22.6 Å². The van der Waals surface area contributed by atoms with Gasteiger partial charge in [-0.15, -0.1) is 12.4 Å². The van der Waals surface area contributed by atoms with Gasteiger partial charge < -0.3 is 34.2 Å². The molecule has 3 heterocycles. The minimum atomic E-state index is -4.38. The van der Waals surface area contributed by atoms with E-state index in [0.29, 0.717) is 31.9 Å². The summed E-state index contributed by atoms with van der Waals surface area (Å²) in [5.74, 6) is -3.96. The van der Waals surface area contributed by atoms with Crippen LogP contribution in [-0.4, -0.2) is 135 Å². The average molecular weight is 697 g/mol. The van der Waals surface area contributed by atoms with E-state index in [1.54, 1.807) is 12.4 Å². The molecule has 4 rings (SSSR count). The van der Waals surface area contributed by atoms with Gasteiger partial charge >= 0.3 is 11.9 Å². The molecule has 3 amide bonds. The van der Waals surface area contributed by atoms with Gasteiger partial charge in [0.25, 0.3) is 0 Å². The number of carboxylic acids is 1. The number of methoxy groups -OCH3 is 2. The molecule has 2 atom stereocenters. The summed E-state index contributed by atoms with van der Waals surface area (Å²) < 4.78 is 39.0. The zero-order valence-corrected chi connectivity index (χ0v) is 27.4. The van der Waals surface area contributed by atoms with Crippen LogP contribution < -0.4 is 14.4 Å². The second-order valence-electron chi connectivity index (χ2n) is 10.6. The van der Waals surface area contributed by atoms with Crippen LogP contribution in [0.5, 0.6) is 5.75 Å². The predicted octanol–water partition coefficient (Wildman–Crippen LogP) is -0.415. The molecule has 2 fully saturated rings. The van der Waals surface area contributed by atoms with Gasteiger partial charge in [0, 0.05) is 57.3 Å². The number of esters is 1. The molecule has 0 bridgehead atoms. The number of aromatic nitrogens is 1. The number of carbonyl (C=O) groups excluding carboxylic acids is 4. The van der Waals surface area contributed by atoms with Gasteiger partial charge in [-0.3, -0.25) is 29.0 Å². The van der Waals surface area contributed by atoms with Crippen LogP contribution in [-0.2, 0) is 38.7 Å². The van der Waals surface area contributed by atoms with Crippen LogP contribution in [0.4, 0.5) is 5.69 Å². The molecule has 0 spiro atoms. The molecule has 2 saturated heterocycles. The molecule has 0 radical (unpaired) electrons. The minimum Gasteiger partial charge on any atom is -0.497 e. The van der Waals surface area contributed by atoms with E-state index in [9.17, 15) is 37.5 Å². The number of nitrogens with zero attached hydrogens (tertiary/aromatic N) is 5. The molecule has 256 valence electrons. The molecule has 18 heteroatoms. The van der Waals surface area contributed by atoms with Gasteiger partial charge in [-0.05, 0) is 36.4 Å². The van der Waals surface area contributed by atoms with Gasteiger partial charge in [0.15, 0.2) is 0 Å². The lowest BCUT2D eigenvalue weighted by Crippen LogP contribution is -2.63. The Bertz CT molecular complexity index is 1540. The summed E-state index contributed by atoms with van der Waals surface area (Å²) in [6.07, 6.45) is 2.16. The summed E-state index contributed by atoms with van der Waals surface area (Å²) in [5, 5.41) is 9.24. The fraction of sp³-hybridized carbons (Fsp3) is 0.448. The summed E-state index contributed by atoms with van der Waals surface area (Å²) in [6.45, 7) is 0.558. The minimum absolute atomic E-state index is 0. The van der Waals surface area contributed by atoms with E-state index < -0.39 is 71.2 Å². The maximum absolute atomic E-state index is 14.1. The molecule has 2 N–H and O–H groups in total. The van der Waals surface area contributed by atoms with Crippen molar-refractivity contribution in [2.45, 2.75) is 29.8 Å². The number of carbonyl (C=O) groups is 5. The topological polar surface area (TPSA) is 196 Å². The first-order valence-electron chi connectivity index (χ1n) is 14.4. The van der Waals surface area contributed by atoms with E-state index in [4.69, 9.17) is 9.47 Å². The second kappa shape index (κ2) is 16.4. The number of aliphatic carboxylic acids is 1. The number of nitrogens with one attached hydrogen (secondary N) is 1. The maximum atomic E-state index is 14.1. The molecular weight excluding hydrogens is 660 g/mol. The molecule has 2 aromatic rings. The van der Waals surface area contributed by atoms with Crippen molar-refractivity contribution in [3.05, 3.63) is 48.8 Å². The largest absolute Gasteiger partial charge is 0.497 e. The molecule has 2 aliphatic rings. The highest BCUT2D eigenvalue weighted by Crippen LogP contribution is 2.22. The number of carboxylic acid groups (broad SMARTS) is 1. The number of hydrogen-bond acceptors (Lipinski definition) is 11. The predicted molar refractivity (Wildman–Crippen MR) is 168 cm³/mol. The third-order valence-electron chi connectivity index (χ3n) is 7.78. The molecule has 1 aromatic carbocycles. The van der Waals surface area contributed by atoms with E-state index in [1.807, 2.05) is 12.1 Å². The molecular formula is C29H37ClN6O10S. The summed E-state index contributed by atoms with van der Waals surface area (Å²) in [6, 6.07) is 5.97. The second-order valence-corrected chi connectivity index (χ2v) is 12.3. The van der Waals surface area contributed by atoms with E-state index in [1.165, 1.54) is 36.3 Å². The number of hydrogen-bond donors (Lipinski definition) is 2. The highest BCUT2D eigenvalue weighted by atomic mass is 35.5. The van der Waals surface area contributed by atoms with Crippen molar-refractivity contribution in [3.63, 3.8) is 0 Å². The molecule has 0 saturated carbocycles. The Morgan fingerprint density at radius 1 is 0.979 bits per heavy atom. The van der Waals surface area contributed by atoms with Crippen LogP contribution in [0.3, 0.4) is 0 Å². The molecule has 47 heavy (non-hydrogen) atoms. The number of anilines is 1. The summed E-state index contributed by atoms with van der Waals surface area (Å²) in [5.41, 5.74) is 0.936. The van der Waals surface area contributed by atoms with Gasteiger partial charge in [-0.1, -0.05) is 0 Å². The van der Waals surface area contributed by atoms with Crippen LogP contribution >= 0.6 is 12.4 Å². The van der Waals surface area contributed by atoms with E-state index in [-0.39, 0.29) is 30.4 Å². The SMILES string of the molecule is COC(=O)C[C@H]1C(=O)N(CC(=O)O)CCN1C(=O)C(CC(=O)N1CCN(c2ccncc2)CC1)NS(=O)(=O)c1ccc(OC)cc1.Cl. The lowest BCUT2D eigenvalue weighted by atomic mass is 10.0. The Morgan fingerprint density at radius 2 is 1.62 bits per heavy atom. The van der Waals surface area contributed by atoms with Crippen molar-refractivity contribution < 1.29 is 47.0 Å². The Labute approximate surface area is 278 Å². The van der Waals surface area contributed by atoms with Gasteiger partial charge in [0.05, 0.1) is 32.0 Å². The monoisotopic (exact) mass is 696 g/mol. The summed E-state index contributed by atoms with van der Waals surface area (Å²) in [4.78, 5) is 73.9. The third kappa shape index (κ3) is 9.30. The Morgan fingerprint density at radius 3 is 2.19 bits per heavy atom. The number of pyridine rings is 1. The van der Waals surface area contributed by atoms with Crippen LogP contribution in [0.15, 0.2) is 53.7 Å². The first-order valence-corrected chi connectivity index (χ1v) is 15.9. The standard InChI is InChI=1S/C29H36N6O10S.ClH/c1-44-21-3-5-22(6-4-21)46(42,43)31-23(17-25(36)33-13-11-32(12-14-33)20-7-9-30-10-8-20)28(40)35-16-15-34(19-26(37)38)29(41)24(35)18-27(39)45-2;/h3-10,23-24,31H,11-19H2,1-2H3,(H,37,38);1H/t23?,24-;/m0./s1. The number of ether oxygens (including phenoxy) is 2. The van der Waals surface area contributed by atoms with Crippen LogP contribution in [0.1, 0.15) is 12.8 Å².